The molecule has 0 amide bonds. The number of aliphatic hydroxyl groups excluding tert-OH is 1. The van der Waals surface area contributed by atoms with Crippen molar-refractivity contribution in [3.63, 3.8) is 0 Å². The molecule has 2 atom stereocenters. The first kappa shape index (κ1) is 12.3. The maximum Gasteiger partial charge on any atom is 0.122 e. The number of rotatable bonds is 4. The van der Waals surface area contributed by atoms with Crippen LogP contribution in [0.4, 0.5) is 0 Å². The number of methoxy groups -OCH3 is 1. The van der Waals surface area contributed by atoms with Gasteiger partial charge in [-0.2, -0.15) is 0 Å². The molecule has 0 bridgehead atoms. The zero-order valence-corrected chi connectivity index (χ0v) is 9.66. The molecular formula is C11H16ClNO2. The predicted octanol–water partition coefficient (Wildman–Crippen LogP) is 1.77. The van der Waals surface area contributed by atoms with Gasteiger partial charge in [-0.3, -0.25) is 0 Å². The van der Waals surface area contributed by atoms with Crippen molar-refractivity contribution in [1.82, 2.24) is 0 Å². The molecule has 15 heavy (non-hydrogen) atoms. The Labute approximate surface area is 94.8 Å². The van der Waals surface area contributed by atoms with Crippen molar-refractivity contribution < 1.29 is 9.84 Å². The highest BCUT2D eigenvalue weighted by Gasteiger charge is 2.19. The van der Waals surface area contributed by atoms with Crippen molar-refractivity contribution in [2.24, 2.45) is 5.73 Å². The average Bonchev–Trinajstić information content (AvgIpc) is 2.18. The molecule has 1 rings (SSSR count). The van der Waals surface area contributed by atoms with E-state index in [0.29, 0.717) is 17.3 Å². The van der Waals surface area contributed by atoms with E-state index in [1.807, 2.05) is 0 Å². The summed E-state index contributed by atoms with van der Waals surface area (Å²) in [6, 6.07) is 5.31. The quantitative estimate of drug-likeness (QED) is 0.828. The van der Waals surface area contributed by atoms with Crippen molar-refractivity contribution in [2.45, 2.75) is 18.9 Å². The first-order chi connectivity index (χ1) is 7.10. The van der Waals surface area contributed by atoms with Crippen LogP contribution in [0, 0.1) is 0 Å². The molecule has 0 saturated heterocycles. The second-order valence-electron chi connectivity index (χ2n) is 3.47. The predicted molar refractivity (Wildman–Crippen MR) is 61.5 cm³/mol. The summed E-state index contributed by atoms with van der Waals surface area (Å²) in [5, 5.41) is 10.2. The van der Waals surface area contributed by atoms with E-state index in [-0.39, 0.29) is 5.92 Å². The van der Waals surface area contributed by atoms with E-state index in [1.165, 1.54) is 0 Å². The van der Waals surface area contributed by atoms with Crippen LogP contribution in [0.3, 0.4) is 0 Å². The minimum absolute atomic E-state index is 0.154. The summed E-state index contributed by atoms with van der Waals surface area (Å²) in [6.07, 6.45) is -0.526. The Bertz CT molecular complexity index is 328. The average molecular weight is 230 g/mol. The van der Waals surface area contributed by atoms with Gasteiger partial charge in [-0.05, 0) is 25.1 Å². The second kappa shape index (κ2) is 5.35. The highest BCUT2D eigenvalue weighted by atomic mass is 35.5. The van der Waals surface area contributed by atoms with E-state index < -0.39 is 6.10 Å². The lowest BCUT2D eigenvalue weighted by atomic mass is 9.93. The molecule has 1 aromatic rings. The van der Waals surface area contributed by atoms with Crippen molar-refractivity contribution in [3.8, 4) is 5.75 Å². The lowest BCUT2D eigenvalue weighted by molar-refractivity contribution is 0.163. The van der Waals surface area contributed by atoms with Crippen LogP contribution in [0.15, 0.2) is 18.2 Å². The minimum atomic E-state index is -0.526. The fourth-order valence-corrected chi connectivity index (χ4v) is 1.76. The van der Waals surface area contributed by atoms with Crippen molar-refractivity contribution >= 4 is 11.6 Å². The van der Waals surface area contributed by atoms with Gasteiger partial charge in [0.2, 0.25) is 0 Å². The van der Waals surface area contributed by atoms with Crippen LogP contribution < -0.4 is 10.5 Å². The Balaban J connectivity index is 3.13. The molecule has 0 aliphatic carbocycles. The number of benzene rings is 1. The molecule has 1 aromatic carbocycles. The summed E-state index contributed by atoms with van der Waals surface area (Å²) in [6.45, 7) is 2.06. The normalized spacial score (nSPS) is 14.7. The number of hydrogen-bond donors (Lipinski definition) is 2. The van der Waals surface area contributed by atoms with Gasteiger partial charge in [0, 0.05) is 23.0 Å². The zero-order chi connectivity index (χ0) is 11.4. The molecule has 0 spiro atoms. The van der Waals surface area contributed by atoms with Crippen LogP contribution in [-0.4, -0.2) is 24.9 Å². The summed E-state index contributed by atoms with van der Waals surface area (Å²) < 4.78 is 5.21. The van der Waals surface area contributed by atoms with Gasteiger partial charge in [0.15, 0.2) is 0 Å². The van der Waals surface area contributed by atoms with Crippen molar-refractivity contribution in [3.05, 3.63) is 28.8 Å². The van der Waals surface area contributed by atoms with E-state index in [1.54, 1.807) is 32.2 Å². The first-order valence-corrected chi connectivity index (χ1v) is 5.19. The van der Waals surface area contributed by atoms with Gasteiger partial charge in [-0.15, -0.1) is 0 Å². The molecular weight excluding hydrogens is 214 g/mol. The van der Waals surface area contributed by atoms with Crippen LogP contribution in [0.2, 0.25) is 5.02 Å². The number of aliphatic hydroxyl groups is 1. The Hall–Kier alpha value is -0.770. The molecule has 0 fully saturated rings. The van der Waals surface area contributed by atoms with Crippen LogP contribution in [0.25, 0.3) is 0 Å². The third-order valence-corrected chi connectivity index (χ3v) is 2.66. The molecule has 2 unspecified atom stereocenters. The summed E-state index contributed by atoms with van der Waals surface area (Å²) in [5.41, 5.74) is 6.47. The fraction of sp³-hybridized carbons (Fsp3) is 0.455. The van der Waals surface area contributed by atoms with Crippen molar-refractivity contribution in [2.75, 3.05) is 13.7 Å². The smallest absolute Gasteiger partial charge is 0.122 e. The largest absolute Gasteiger partial charge is 0.496 e. The highest BCUT2D eigenvalue weighted by Crippen LogP contribution is 2.30. The SMILES string of the molecule is COc1ccc(Cl)cc1C(CN)C(C)O. The number of nitrogens with two attached hydrogens (primary N) is 1. The maximum absolute atomic E-state index is 9.60. The van der Waals surface area contributed by atoms with E-state index in [9.17, 15) is 5.11 Å². The Morgan fingerprint density at radius 3 is 2.67 bits per heavy atom. The monoisotopic (exact) mass is 229 g/mol. The van der Waals surface area contributed by atoms with Gasteiger partial charge in [0.1, 0.15) is 5.75 Å². The fourth-order valence-electron chi connectivity index (χ4n) is 1.58. The molecule has 84 valence electrons. The Kier molecular flexibility index (Phi) is 4.39. The number of ether oxygens (including phenoxy) is 1. The molecule has 0 aromatic heterocycles. The van der Waals surface area contributed by atoms with Gasteiger partial charge in [0.25, 0.3) is 0 Å². The molecule has 4 heteroatoms. The van der Waals surface area contributed by atoms with Crippen LogP contribution >= 0.6 is 11.6 Å². The molecule has 3 nitrogen and oxygen atoms in total. The highest BCUT2D eigenvalue weighted by molar-refractivity contribution is 6.30. The summed E-state index contributed by atoms with van der Waals surface area (Å²) in [4.78, 5) is 0. The Morgan fingerprint density at radius 2 is 2.20 bits per heavy atom. The van der Waals surface area contributed by atoms with Gasteiger partial charge < -0.3 is 15.6 Å². The zero-order valence-electron chi connectivity index (χ0n) is 8.90. The third kappa shape index (κ3) is 2.84. The van der Waals surface area contributed by atoms with Crippen molar-refractivity contribution in [1.29, 1.82) is 0 Å². The van der Waals surface area contributed by atoms with Gasteiger partial charge in [0.05, 0.1) is 13.2 Å². The van der Waals surface area contributed by atoms with E-state index in [0.717, 1.165) is 5.56 Å². The van der Waals surface area contributed by atoms with Gasteiger partial charge >= 0.3 is 0 Å². The standard InChI is InChI=1S/C11H16ClNO2/c1-7(14)10(6-13)9-5-8(12)3-4-11(9)15-2/h3-5,7,10,14H,6,13H2,1-2H3. The van der Waals surface area contributed by atoms with Crippen LogP contribution in [-0.2, 0) is 0 Å². The van der Waals surface area contributed by atoms with Crippen LogP contribution in [0.5, 0.6) is 5.75 Å². The molecule has 3 N–H and O–H groups in total. The lowest BCUT2D eigenvalue weighted by Gasteiger charge is -2.20. The van der Waals surface area contributed by atoms with Crippen LogP contribution in [0.1, 0.15) is 18.4 Å². The summed E-state index contributed by atoms with van der Waals surface area (Å²) >= 11 is 5.90. The van der Waals surface area contributed by atoms with Gasteiger partial charge in [-0.1, -0.05) is 11.6 Å². The minimum Gasteiger partial charge on any atom is -0.496 e. The first-order valence-electron chi connectivity index (χ1n) is 4.81. The number of hydrogen-bond acceptors (Lipinski definition) is 3. The molecule has 0 aliphatic rings. The Morgan fingerprint density at radius 1 is 1.53 bits per heavy atom. The molecule has 0 heterocycles. The number of halogens is 1. The lowest BCUT2D eigenvalue weighted by Crippen LogP contribution is -2.23. The second-order valence-corrected chi connectivity index (χ2v) is 3.91. The molecule has 0 saturated carbocycles. The molecule has 0 radical (unpaired) electrons. The summed E-state index contributed by atoms with van der Waals surface area (Å²) in [7, 11) is 1.59. The maximum atomic E-state index is 9.60. The summed E-state index contributed by atoms with van der Waals surface area (Å²) in [5.74, 6) is 0.550. The van der Waals surface area contributed by atoms with E-state index in [2.05, 4.69) is 0 Å². The van der Waals surface area contributed by atoms with E-state index >= 15 is 0 Å². The van der Waals surface area contributed by atoms with Gasteiger partial charge in [-0.25, -0.2) is 0 Å². The molecule has 0 aliphatic heterocycles. The third-order valence-electron chi connectivity index (χ3n) is 2.43. The topological polar surface area (TPSA) is 55.5 Å². The van der Waals surface area contributed by atoms with E-state index in [4.69, 9.17) is 22.1 Å².